The third-order valence-electron chi connectivity index (χ3n) is 3.42. The fourth-order valence-corrected chi connectivity index (χ4v) is 3.11. The van der Waals surface area contributed by atoms with Crippen molar-refractivity contribution in [1.82, 2.24) is 9.88 Å². The van der Waals surface area contributed by atoms with Crippen molar-refractivity contribution >= 4 is 22.4 Å². The number of aliphatic hydroxyl groups is 1. The number of thiazole rings is 1. The Kier molecular flexibility index (Phi) is 5.30. The summed E-state index contributed by atoms with van der Waals surface area (Å²) in [4.78, 5) is 18.3. The molecule has 0 aliphatic carbocycles. The molecule has 0 bridgehead atoms. The first-order valence-electron chi connectivity index (χ1n) is 6.76. The molecule has 2 N–H and O–H groups in total. The first kappa shape index (κ1) is 14.4. The first-order valence-corrected chi connectivity index (χ1v) is 7.64. The van der Waals surface area contributed by atoms with Gasteiger partial charge in [-0.25, -0.2) is 4.98 Å². The van der Waals surface area contributed by atoms with Crippen LogP contribution in [0, 0.1) is 6.92 Å². The molecule has 1 saturated heterocycles. The number of nitrogens with zero attached hydrogens (tertiary/aromatic N) is 2. The van der Waals surface area contributed by atoms with E-state index < -0.39 is 0 Å². The van der Waals surface area contributed by atoms with Crippen molar-refractivity contribution in [1.29, 1.82) is 0 Å². The molecule has 1 amide bonds. The number of hydrogen-bond donors (Lipinski definition) is 2. The molecule has 6 heteroatoms. The van der Waals surface area contributed by atoms with Gasteiger partial charge in [0.15, 0.2) is 5.13 Å². The number of nitrogens with one attached hydrogen (secondary N) is 1. The van der Waals surface area contributed by atoms with Crippen molar-refractivity contribution in [3.8, 4) is 0 Å². The van der Waals surface area contributed by atoms with Gasteiger partial charge in [-0.05, 0) is 26.3 Å². The van der Waals surface area contributed by atoms with E-state index in [9.17, 15) is 9.90 Å². The Hall–Kier alpha value is -0.980. The van der Waals surface area contributed by atoms with Crippen LogP contribution >= 0.6 is 11.3 Å². The van der Waals surface area contributed by atoms with Crippen LogP contribution in [0.3, 0.4) is 0 Å². The van der Waals surface area contributed by atoms with E-state index in [-0.39, 0.29) is 18.6 Å². The zero-order chi connectivity index (χ0) is 13.7. The summed E-state index contributed by atoms with van der Waals surface area (Å²) in [6.07, 6.45) is 4.38. The van der Waals surface area contributed by atoms with Crippen LogP contribution in [0.25, 0.3) is 0 Å². The molecule has 5 nitrogen and oxygen atoms in total. The van der Waals surface area contributed by atoms with E-state index in [0.29, 0.717) is 11.7 Å². The van der Waals surface area contributed by atoms with E-state index in [0.717, 1.165) is 31.5 Å². The van der Waals surface area contributed by atoms with Crippen molar-refractivity contribution in [2.24, 2.45) is 0 Å². The third kappa shape index (κ3) is 4.26. The lowest BCUT2D eigenvalue weighted by atomic mass is 10.1. The maximum absolute atomic E-state index is 12.0. The molecule has 1 aromatic rings. The quantitative estimate of drug-likeness (QED) is 0.881. The highest BCUT2D eigenvalue weighted by Crippen LogP contribution is 2.17. The van der Waals surface area contributed by atoms with E-state index in [1.54, 1.807) is 0 Å². The molecule has 0 saturated carbocycles. The van der Waals surface area contributed by atoms with Crippen LogP contribution in [0.15, 0.2) is 5.38 Å². The average molecular weight is 283 g/mol. The minimum Gasteiger partial charge on any atom is -0.395 e. The van der Waals surface area contributed by atoms with Gasteiger partial charge in [-0.1, -0.05) is 12.8 Å². The Morgan fingerprint density at radius 1 is 1.58 bits per heavy atom. The summed E-state index contributed by atoms with van der Waals surface area (Å²) >= 11 is 1.44. The van der Waals surface area contributed by atoms with Crippen molar-refractivity contribution < 1.29 is 9.90 Å². The van der Waals surface area contributed by atoms with Crippen LogP contribution in [0.5, 0.6) is 0 Å². The number of aromatic nitrogens is 1. The lowest BCUT2D eigenvalue weighted by molar-refractivity contribution is -0.118. The normalized spacial score (nSPS) is 21.1. The second-order valence-corrected chi connectivity index (χ2v) is 5.86. The Balaban J connectivity index is 1.89. The highest BCUT2D eigenvalue weighted by Gasteiger charge is 2.22. The van der Waals surface area contributed by atoms with Gasteiger partial charge in [0.1, 0.15) is 0 Å². The van der Waals surface area contributed by atoms with E-state index in [2.05, 4.69) is 15.2 Å². The SMILES string of the molecule is Cc1csc(NC(=O)CN2CCCCCC2CO)n1. The smallest absolute Gasteiger partial charge is 0.240 e. The van der Waals surface area contributed by atoms with Crippen molar-refractivity contribution in [2.75, 3.05) is 25.0 Å². The summed E-state index contributed by atoms with van der Waals surface area (Å²) in [5.74, 6) is -0.0466. The number of aryl methyl sites for hydroxylation is 1. The number of carbonyl (C=O) groups is 1. The molecule has 1 unspecified atom stereocenters. The van der Waals surface area contributed by atoms with Gasteiger partial charge in [0.05, 0.1) is 18.8 Å². The molecular weight excluding hydrogens is 262 g/mol. The number of hydrogen-bond acceptors (Lipinski definition) is 5. The minimum absolute atomic E-state index is 0.0466. The topological polar surface area (TPSA) is 65.5 Å². The second kappa shape index (κ2) is 6.98. The molecule has 2 heterocycles. The van der Waals surface area contributed by atoms with Crippen LogP contribution in [0.1, 0.15) is 31.4 Å². The molecule has 2 rings (SSSR count). The van der Waals surface area contributed by atoms with E-state index in [1.807, 2.05) is 12.3 Å². The van der Waals surface area contributed by atoms with Gasteiger partial charge in [-0.3, -0.25) is 9.69 Å². The predicted octanol–water partition coefficient (Wildman–Crippen LogP) is 1.63. The number of amides is 1. The fourth-order valence-electron chi connectivity index (χ4n) is 2.41. The summed E-state index contributed by atoms with van der Waals surface area (Å²) in [6.45, 7) is 3.26. The minimum atomic E-state index is -0.0466. The van der Waals surface area contributed by atoms with Gasteiger partial charge >= 0.3 is 0 Å². The molecule has 0 radical (unpaired) electrons. The lowest BCUT2D eigenvalue weighted by Gasteiger charge is -2.27. The zero-order valence-electron chi connectivity index (χ0n) is 11.3. The molecule has 106 valence electrons. The maximum atomic E-state index is 12.0. The number of rotatable bonds is 4. The van der Waals surface area contributed by atoms with Crippen LogP contribution in [0.4, 0.5) is 5.13 Å². The van der Waals surface area contributed by atoms with E-state index in [4.69, 9.17) is 0 Å². The van der Waals surface area contributed by atoms with Gasteiger partial charge in [-0.15, -0.1) is 11.3 Å². The molecule has 1 aliphatic heterocycles. The Bertz CT molecular complexity index is 422. The van der Waals surface area contributed by atoms with Crippen LogP contribution in [-0.4, -0.2) is 46.6 Å². The molecule has 19 heavy (non-hydrogen) atoms. The predicted molar refractivity (Wildman–Crippen MR) is 76.4 cm³/mol. The highest BCUT2D eigenvalue weighted by molar-refractivity contribution is 7.13. The van der Waals surface area contributed by atoms with E-state index >= 15 is 0 Å². The van der Waals surface area contributed by atoms with Gasteiger partial charge < -0.3 is 10.4 Å². The highest BCUT2D eigenvalue weighted by atomic mass is 32.1. The second-order valence-electron chi connectivity index (χ2n) is 5.00. The first-order chi connectivity index (χ1) is 9.19. The van der Waals surface area contributed by atoms with Crippen LogP contribution < -0.4 is 5.32 Å². The van der Waals surface area contributed by atoms with Crippen LogP contribution in [0.2, 0.25) is 0 Å². The number of carbonyl (C=O) groups excluding carboxylic acids is 1. The van der Waals surface area contributed by atoms with Crippen molar-refractivity contribution in [3.63, 3.8) is 0 Å². The Labute approximate surface area is 117 Å². The van der Waals surface area contributed by atoms with Crippen molar-refractivity contribution in [3.05, 3.63) is 11.1 Å². The summed E-state index contributed by atoms with van der Waals surface area (Å²) in [6, 6.07) is 0.117. The summed E-state index contributed by atoms with van der Waals surface area (Å²) in [5.41, 5.74) is 0.920. The molecule has 1 aliphatic rings. The molecular formula is C13H21N3O2S. The van der Waals surface area contributed by atoms with Crippen molar-refractivity contribution in [2.45, 2.75) is 38.6 Å². The van der Waals surface area contributed by atoms with Crippen LogP contribution in [-0.2, 0) is 4.79 Å². The number of aliphatic hydroxyl groups excluding tert-OH is 1. The lowest BCUT2D eigenvalue weighted by Crippen LogP contribution is -2.42. The summed E-state index contributed by atoms with van der Waals surface area (Å²) in [7, 11) is 0. The van der Waals surface area contributed by atoms with Gasteiger partial charge in [0, 0.05) is 11.4 Å². The monoisotopic (exact) mass is 283 g/mol. The average Bonchev–Trinajstić information content (AvgIpc) is 2.65. The maximum Gasteiger partial charge on any atom is 0.240 e. The van der Waals surface area contributed by atoms with E-state index in [1.165, 1.54) is 17.8 Å². The number of likely N-dealkylation sites (tertiary alicyclic amines) is 1. The summed E-state index contributed by atoms with van der Waals surface area (Å²) in [5, 5.41) is 14.8. The molecule has 1 aromatic heterocycles. The zero-order valence-corrected chi connectivity index (χ0v) is 12.1. The third-order valence-corrected chi connectivity index (χ3v) is 4.30. The van der Waals surface area contributed by atoms with Gasteiger partial charge in [-0.2, -0.15) is 0 Å². The fraction of sp³-hybridized carbons (Fsp3) is 0.692. The Morgan fingerprint density at radius 2 is 2.42 bits per heavy atom. The number of anilines is 1. The summed E-state index contributed by atoms with van der Waals surface area (Å²) < 4.78 is 0. The standard InChI is InChI=1S/C13H21N3O2S/c1-10-9-19-13(14-10)15-12(18)7-16-6-4-2-3-5-11(16)8-17/h9,11,17H,2-8H2,1H3,(H,14,15,18). The van der Waals surface area contributed by atoms with Gasteiger partial charge in [0.2, 0.25) is 5.91 Å². The Morgan fingerprint density at radius 3 is 3.11 bits per heavy atom. The molecule has 1 atom stereocenters. The van der Waals surface area contributed by atoms with Gasteiger partial charge in [0.25, 0.3) is 0 Å². The largest absolute Gasteiger partial charge is 0.395 e. The molecule has 0 aromatic carbocycles. The molecule has 1 fully saturated rings. The molecule has 0 spiro atoms.